The summed E-state index contributed by atoms with van der Waals surface area (Å²) in [5.74, 6) is -0.706. The van der Waals surface area contributed by atoms with Crippen LogP contribution in [-0.4, -0.2) is 5.78 Å². The summed E-state index contributed by atoms with van der Waals surface area (Å²) in [5.41, 5.74) is 0.339. The van der Waals surface area contributed by atoms with Crippen LogP contribution < -0.4 is 0 Å². The van der Waals surface area contributed by atoms with Gasteiger partial charge in [-0.15, -0.1) is 0 Å². The van der Waals surface area contributed by atoms with Crippen molar-refractivity contribution in [3.05, 3.63) is 34.8 Å². The zero-order chi connectivity index (χ0) is 11.9. The molecule has 0 atom stereocenters. The third-order valence-electron chi connectivity index (χ3n) is 2.36. The van der Waals surface area contributed by atoms with Crippen LogP contribution in [0, 0.1) is 11.7 Å². The molecule has 4 heteroatoms. The smallest absolute Gasteiger partial charge is 0.200 e. The molecule has 1 aromatic carbocycles. The van der Waals surface area contributed by atoms with Crippen molar-refractivity contribution < 1.29 is 13.6 Å². The quantitative estimate of drug-likeness (QED) is 0.741. The minimum atomic E-state index is -0.550. The van der Waals surface area contributed by atoms with E-state index in [1.54, 1.807) is 19.9 Å². The molecule has 0 fully saturated rings. The minimum Gasteiger partial charge on any atom is -0.453 e. The largest absolute Gasteiger partial charge is 0.453 e. The van der Waals surface area contributed by atoms with E-state index in [2.05, 4.69) is 0 Å². The Hall–Kier alpha value is -1.35. The molecule has 0 amide bonds. The summed E-state index contributed by atoms with van der Waals surface area (Å²) in [5, 5.41) is 0.272. The molecule has 0 bridgehead atoms. The molecular formula is C12H10ClFO2. The van der Waals surface area contributed by atoms with Crippen molar-refractivity contribution in [1.82, 2.24) is 0 Å². The molecule has 0 aliphatic carbocycles. The Bertz CT molecular complexity index is 557. The molecule has 0 radical (unpaired) electrons. The predicted octanol–water partition coefficient (Wildman–Crippen LogP) is 4.06. The third kappa shape index (κ3) is 1.71. The summed E-state index contributed by atoms with van der Waals surface area (Å²) < 4.78 is 18.9. The zero-order valence-corrected chi connectivity index (χ0v) is 9.64. The van der Waals surface area contributed by atoms with E-state index in [0.717, 1.165) is 0 Å². The number of rotatable bonds is 2. The first-order valence-corrected chi connectivity index (χ1v) is 5.30. The second-order valence-electron chi connectivity index (χ2n) is 3.90. The van der Waals surface area contributed by atoms with Gasteiger partial charge >= 0.3 is 0 Å². The van der Waals surface area contributed by atoms with E-state index in [4.69, 9.17) is 16.0 Å². The van der Waals surface area contributed by atoms with E-state index in [9.17, 15) is 9.18 Å². The van der Waals surface area contributed by atoms with Gasteiger partial charge in [-0.05, 0) is 18.2 Å². The first-order valence-electron chi connectivity index (χ1n) is 4.92. The fourth-order valence-electron chi connectivity index (χ4n) is 1.46. The summed E-state index contributed by atoms with van der Waals surface area (Å²) in [4.78, 5) is 11.7. The lowest BCUT2D eigenvalue weighted by molar-refractivity contribution is 0.0913. The Morgan fingerprint density at radius 3 is 2.75 bits per heavy atom. The molecule has 2 nitrogen and oxygen atoms in total. The van der Waals surface area contributed by atoms with Crippen LogP contribution in [-0.2, 0) is 0 Å². The molecule has 84 valence electrons. The maximum atomic E-state index is 13.6. The molecule has 2 aromatic rings. The minimum absolute atomic E-state index is 0.0249. The lowest BCUT2D eigenvalue weighted by Gasteiger charge is -1.97. The molecule has 0 N–H and O–H groups in total. The van der Waals surface area contributed by atoms with Gasteiger partial charge in [0.15, 0.2) is 11.6 Å². The summed E-state index contributed by atoms with van der Waals surface area (Å²) in [7, 11) is 0. The van der Waals surface area contributed by atoms with Gasteiger partial charge in [-0.3, -0.25) is 4.79 Å². The lowest BCUT2D eigenvalue weighted by Crippen LogP contribution is -2.05. The molecule has 0 saturated heterocycles. The summed E-state index contributed by atoms with van der Waals surface area (Å²) in [6.45, 7) is 3.53. The molecular weight excluding hydrogens is 231 g/mol. The van der Waals surface area contributed by atoms with E-state index < -0.39 is 5.82 Å². The highest BCUT2D eigenvalue weighted by atomic mass is 35.5. The number of carbonyl (C=O) groups excluding carboxylic acids is 1. The van der Waals surface area contributed by atoms with Gasteiger partial charge in [0.05, 0.1) is 10.4 Å². The number of halogens is 2. The van der Waals surface area contributed by atoms with E-state index in [0.29, 0.717) is 5.58 Å². The van der Waals surface area contributed by atoms with Crippen LogP contribution >= 0.6 is 11.6 Å². The average Bonchev–Trinajstić information content (AvgIpc) is 2.67. The first-order chi connectivity index (χ1) is 7.50. The fraction of sp³-hybridized carbons (Fsp3) is 0.250. The van der Waals surface area contributed by atoms with Gasteiger partial charge in [-0.1, -0.05) is 25.4 Å². The van der Waals surface area contributed by atoms with Crippen LogP contribution in [0.25, 0.3) is 11.0 Å². The number of carbonyl (C=O) groups is 1. The number of ketones is 1. The Labute approximate surface area is 97.0 Å². The molecule has 0 spiro atoms. The van der Waals surface area contributed by atoms with Crippen LogP contribution in [0.2, 0.25) is 5.02 Å². The van der Waals surface area contributed by atoms with Crippen molar-refractivity contribution in [3.8, 4) is 0 Å². The van der Waals surface area contributed by atoms with Gasteiger partial charge in [0, 0.05) is 5.92 Å². The zero-order valence-electron chi connectivity index (χ0n) is 8.88. The lowest BCUT2D eigenvalue weighted by atomic mass is 10.1. The molecule has 0 aliphatic heterocycles. The van der Waals surface area contributed by atoms with Crippen molar-refractivity contribution >= 4 is 28.4 Å². The van der Waals surface area contributed by atoms with Gasteiger partial charge in [0.25, 0.3) is 0 Å². The van der Waals surface area contributed by atoms with Crippen LogP contribution in [0.1, 0.15) is 24.4 Å². The normalized spacial score (nSPS) is 11.3. The van der Waals surface area contributed by atoms with Gasteiger partial charge < -0.3 is 4.42 Å². The fourth-order valence-corrected chi connectivity index (χ4v) is 1.62. The topological polar surface area (TPSA) is 30.2 Å². The molecule has 2 rings (SSSR count). The van der Waals surface area contributed by atoms with Gasteiger partial charge in [0.2, 0.25) is 5.78 Å². The SMILES string of the molecule is CC(C)C(=O)c1cc2c(F)c(Cl)ccc2o1. The maximum Gasteiger partial charge on any atom is 0.200 e. The Kier molecular flexibility index (Phi) is 2.72. The summed E-state index contributed by atoms with van der Waals surface area (Å²) >= 11 is 5.64. The second-order valence-corrected chi connectivity index (χ2v) is 4.31. The van der Waals surface area contributed by atoms with E-state index >= 15 is 0 Å². The molecule has 1 heterocycles. The van der Waals surface area contributed by atoms with Gasteiger partial charge in [0.1, 0.15) is 5.58 Å². The Morgan fingerprint density at radius 1 is 1.44 bits per heavy atom. The number of benzene rings is 1. The van der Waals surface area contributed by atoms with Crippen molar-refractivity contribution in [1.29, 1.82) is 0 Å². The Balaban J connectivity index is 2.61. The molecule has 0 aliphatic rings. The van der Waals surface area contributed by atoms with Crippen LogP contribution in [0.3, 0.4) is 0 Å². The van der Waals surface area contributed by atoms with E-state index in [-0.39, 0.29) is 27.9 Å². The van der Waals surface area contributed by atoms with Crippen molar-refractivity contribution in [2.75, 3.05) is 0 Å². The number of fused-ring (bicyclic) bond motifs is 1. The highest BCUT2D eigenvalue weighted by Gasteiger charge is 2.18. The van der Waals surface area contributed by atoms with E-state index in [1.807, 2.05) is 0 Å². The van der Waals surface area contributed by atoms with Crippen LogP contribution in [0.5, 0.6) is 0 Å². The number of hydrogen-bond acceptors (Lipinski definition) is 2. The summed E-state index contributed by atoms with van der Waals surface area (Å²) in [6, 6.07) is 4.36. The van der Waals surface area contributed by atoms with E-state index in [1.165, 1.54) is 12.1 Å². The molecule has 1 aromatic heterocycles. The maximum absolute atomic E-state index is 13.6. The van der Waals surface area contributed by atoms with Crippen molar-refractivity contribution in [2.24, 2.45) is 5.92 Å². The Morgan fingerprint density at radius 2 is 2.12 bits per heavy atom. The van der Waals surface area contributed by atoms with Crippen molar-refractivity contribution in [3.63, 3.8) is 0 Å². The highest BCUT2D eigenvalue weighted by Crippen LogP contribution is 2.28. The molecule has 0 saturated carbocycles. The monoisotopic (exact) mass is 240 g/mol. The number of furan rings is 1. The van der Waals surface area contributed by atoms with Crippen LogP contribution in [0.4, 0.5) is 4.39 Å². The average molecular weight is 241 g/mol. The predicted molar refractivity (Wildman–Crippen MR) is 60.4 cm³/mol. The van der Waals surface area contributed by atoms with Gasteiger partial charge in [-0.25, -0.2) is 4.39 Å². The molecule has 0 unspecified atom stereocenters. The first kappa shape index (κ1) is 11.1. The molecule has 16 heavy (non-hydrogen) atoms. The highest BCUT2D eigenvalue weighted by molar-refractivity contribution is 6.31. The second kappa shape index (κ2) is 3.91. The van der Waals surface area contributed by atoms with Gasteiger partial charge in [-0.2, -0.15) is 0 Å². The standard InChI is InChI=1S/C12H10ClFO2/c1-6(2)12(15)10-5-7-9(16-10)4-3-8(13)11(7)14/h3-6H,1-2H3. The number of Topliss-reactive ketones (excluding diaryl/α,β-unsaturated/α-hetero) is 1. The number of hydrogen-bond donors (Lipinski definition) is 0. The van der Waals surface area contributed by atoms with Crippen molar-refractivity contribution in [2.45, 2.75) is 13.8 Å². The summed E-state index contributed by atoms with van der Waals surface area (Å²) in [6.07, 6.45) is 0. The third-order valence-corrected chi connectivity index (χ3v) is 2.65. The van der Waals surface area contributed by atoms with Crippen LogP contribution in [0.15, 0.2) is 22.6 Å².